The topological polar surface area (TPSA) is 88.3 Å². The van der Waals surface area contributed by atoms with Gasteiger partial charge in [0.05, 0.1) is 18.8 Å². The highest BCUT2D eigenvalue weighted by Crippen LogP contribution is 2.37. The van der Waals surface area contributed by atoms with Crippen LogP contribution in [-0.4, -0.2) is 39.6 Å². The Morgan fingerprint density at radius 2 is 1.90 bits per heavy atom. The van der Waals surface area contributed by atoms with Crippen molar-refractivity contribution in [2.75, 3.05) is 12.3 Å². The number of ether oxygens (including phenoxy) is 1. The van der Waals surface area contributed by atoms with E-state index in [1.165, 1.54) is 0 Å². The van der Waals surface area contributed by atoms with E-state index in [4.69, 9.17) is 15.5 Å². The summed E-state index contributed by atoms with van der Waals surface area (Å²) in [5.41, 5.74) is 13.2. The minimum atomic E-state index is 0.518. The maximum atomic E-state index is 6.03. The summed E-state index contributed by atoms with van der Waals surface area (Å²) in [6, 6.07) is 20.4. The maximum absolute atomic E-state index is 6.03. The number of para-hydroxylation sites is 1. The second-order valence-corrected chi connectivity index (χ2v) is 10.2. The van der Waals surface area contributed by atoms with Gasteiger partial charge in [-0.25, -0.2) is 0 Å². The number of fused-ring (bicyclic) bond motifs is 2. The molecule has 0 saturated carbocycles. The highest BCUT2D eigenvalue weighted by atomic mass is 16.5. The predicted molar refractivity (Wildman–Crippen MR) is 154 cm³/mol. The van der Waals surface area contributed by atoms with E-state index >= 15 is 0 Å². The Labute approximate surface area is 229 Å². The first-order valence-corrected chi connectivity index (χ1v) is 13.4. The van der Waals surface area contributed by atoms with Crippen LogP contribution in [0.5, 0.6) is 5.75 Å². The zero-order valence-electron chi connectivity index (χ0n) is 22.5. The number of hydrogen-bond donors (Lipinski definition) is 2. The highest BCUT2D eigenvalue weighted by molar-refractivity contribution is 6.41. The molecule has 0 aliphatic carbocycles. The molecule has 6 rings (SSSR count). The number of aliphatic imine (C=N–C) groups is 1. The summed E-state index contributed by atoms with van der Waals surface area (Å²) in [6.07, 6.45) is 7.19. The Hall–Kier alpha value is -4.53. The minimum Gasteiger partial charge on any atom is -0.494 e. The molecule has 0 atom stereocenters. The van der Waals surface area contributed by atoms with Crippen molar-refractivity contribution < 1.29 is 9.42 Å². The molecule has 0 bridgehead atoms. The highest BCUT2D eigenvalue weighted by Gasteiger charge is 2.36. The minimum absolute atomic E-state index is 0.518. The van der Waals surface area contributed by atoms with Crippen LogP contribution < -0.4 is 15.2 Å². The Balaban J connectivity index is 1.41. The van der Waals surface area contributed by atoms with Gasteiger partial charge in [0, 0.05) is 35.0 Å². The van der Waals surface area contributed by atoms with Gasteiger partial charge in [-0.3, -0.25) is 9.47 Å². The third kappa shape index (κ3) is 4.76. The fraction of sp³-hybridized carbons (Fsp3) is 0.233. The number of aromatic amines is 1. The monoisotopic (exact) mass is 517 g/mol. The van der Waals surface area contributed by atoms with Gasteiger partial charge in [-0.05, 0) is 59.9 Å². The van der Waals surface area contributed by atoms with Crippen LogP contribution >= 0.6 is 0 Å². The number of nitrogens with zero attached hydrogens (tertiary/aromatic N) is 5. The maximum Gasteiger partial charge on any atom is 0.503 e. The largest absolute Gasteiger partial charge is 0.503 e. The lowest BCUT2D eigenvalue weighted by atomic mass is 9.92. The summed E-state index contributed by atoms with van der Waals surface area (Å²) in [5, 5.41) is 7.72. The van der Waals surface area contributed by atoms with Crippen molar-refractivity contribution in [2.24, 2.45) is 10.9 Å². The number of hydrogen-bond acceptors (Lipinski definition) is 4. The van der Waals surface area contributed by atoms with E-state index in [1.54, 1.807) is 0 Å². The molecule has 9 heteroatoms. The Morgan fingerprint density at radius 3 is 2.69 bits per heavy atom. The van der Waals surface area contributed by atoms with Crippen LogP contribution in [0.15, 0.2) is 89.7 Å². The molecule has 0 saturated heterocycles. The van der Waals surface area contributed by atoms with Crippen molar-refractivity contribution in [1.82, 2.24) is 19.6 Å². The molecule has 0 fully saturated rings. The normalized spacial score (nSPS) is 15.2. The summed E-state index contributed by atoms with van der Waals surface area (Å²) in [6.45, 7) is 7.53. The van der Waals surface area contributed by atoms with Crippen molar-refractivity contribution in [3.8, 4) is 11.6 Å². The molecule has 39 heavy (non-hydrogen) atoms. The van der Waals surface area contributed by atoms with Crippen molar-refractivity contribution in [2.45, 2.75) is 33.7 Å². The molecule has 8 nitrogen and oxygen atoms in total. The first-order valence-electron chi connectivity index (χ1n) is 13.4. The molecule has 0 amide bonds. The summed E-state index contributed by atoms with van der Waals surface area (Å²) < 4.78 is 9.98. The molecule has 3 N–H and O–H groups in total. The summed E-state index contributed by atoms with van der Waals surface area (Å²) in [4.78, 5) is 7.16. The number of nitrogen functional groups attached to an aromatic ring is 1. The number of benzene rings is 2. The zero-order valence-corrected chi connectivity index (χ0v) is 22.5. The van der Waals surface area contributed by atoms with E-state index in [0.29, 0.717) is 19.1 Å². The van der Waals surface area contributed by atoms with E-state index in [2.05, 4.69) is 89.7 Å². The van der Waals surface area contributed by atoms with Crippen LogP contribution in [0.2, 0.25) is 0 Å². The average Bonchev–Trinajstić information content (AvgIpc) is 3.66. The molecule has 2 aliphatic rings. The first-order chi connectivity index (χ1) is 19.0. The predicted octanol–water partition coefficient (Wildman–Crippen LogP) is 4.29. The number of anilines is 1. The number of amidine groups is 1. The van der Waals surface area contributed by atoms with Gasteiger partial charge in [-0.15, -0.1) is 9.90 Å². The zero-order chi connectivity index (χ0) is 26.9. The number of allylic oxidation sites excluding steroid dienone is 1. The molecule has 1 radical (unpaired) electrons. The lowest BCUT2D eigenvalue weighted by Gasteiger charge is -2.28. The molecule has 4 aromatic rings. The van der Waals surface area contributed by atoms with Crippen LogP contribution in [0.4, 0.5) is 5.69 Å². The summed E-state index contributed by atoms with van der Waals surface area (Å²) in [7, 11) is 2.10. The molecule has 0 unspecified atom stereocenters. The number of aromatic nitrogens is 4. The lowest BCUT2D eigenvalue weighted by molar-refractivity contribution is -0.663. The fourth-order valence-electron chi connectivity index (χ4n) is 5.10. The number of rotatable bonds is 8. The average molecular weight is 517 g/mol. The van der Waals surface area contributed by atoms with Gasteiger partial charge in [-0.1, -0.05) is 44.2 Å². The van der Waals surface area contributed by atoms with Crippen molar-refractivity contribution >= 4 is 24.6 Å². The SMILES string of the molecule is CCOc1ccccc1CN=C1C=CC2=C(c3ccc(N)cc3)c3ccc(-[n+]4cc(CC(C)C)n[nH]4)n3[B]N12. The number of H-pyrrole nitrogens is 1. The third-order valence-electron chi connectivity index (χ3n) is 6.86. The first kappa shape index (κ1) is 24.8. The number of nitrogens with one attached hydrogen (secondary N) is 1. The molecule has 2 aliphatic heterocycles. The van der Waals surface area contributed by atoms with Gasteiger partial charge >= 0.3 is 7.55 Å². The quantitative estimate of drug-likeness (QED) is 0.207. The molecule has 0 spiro atoms. The lowest BCUT2D eigenvalue weighted by Crippen LogP contribution is -2.43. The van der Waals surface area contributed by atoms with Crippen LogP contribution in [-0.2, 0) is 13.0 Å². The fourth-order valence-corrected chi connectivity index (χ4v) is 5.10. The van der Waals surface area contributed by atoms with Crippen LogP contribution in [0.25, 0.3) is 11.4 Å². The summed E-state index contributed by atoms with van der Waals surface area (Å²) in [5.74, 6) is 3.23. The Bertz CT molecular complexity index is 1590. The number of nitrogens with two attached hydrogens (primary N) is 1. The molecule has 2 aromatic carbocycles. The van der Waals surface area contributed by atoms with Gasteiger partial charge < -0.3 is 15.3 Å². The van der Waals surface area contributed by atoms with E-state index in [-0.39, 0.29) is 0 Å². The summed E-state index contributed by atoms with van der Waals surface area (Å²) >= 11 is 0. The molecular formula is C30H32BN7O+. The van der Waals surface area contributed by atoms with Gasteiger partial charge in [0.25, 0.3) is 0 Å². The van der Waals surface area contributed by atoms with E-state index in [9.17, 15) is 0 Å². The molecule has 4 heterocycles. The van der Waals surface area contributed by atoms with Crippen LogP contribution in [0.3, 0.4) is 0 Å². The van der Waals surface area contributed by atoms with E-state index in [0.717, 1.165) is 63.3 Å². The Morgan fingerprint density at radius 1 is 1.08 bits per heavy atom. The van der Waals surface area contributed by atoms with Crippen molar-refractivity contribution in [3.05, 3.63) is 107 Å². The van der Waals surface area contributed by atoms with Crippen molar-refractivity contribution in [1.29, 1.82) is 0 Å². The van der Waals surface area contributed by atoms with Gasteiger partial charge in [0.15, 0.2) is 5.69 Å². The van der Waals surface area contributed by atoms with Crippen LogP contribution in [0, 0.1) is 5.92 Å². The smallest absolute Gasteiger partial charge is 0.494 e. The standard InChI is InChI=1S/C30H31BN7O/c1-4-39-27-8-6-5-7-22(27)18-33-28-15-13-25-30(21-9-11-23(32)12-10-21)26-14-16-29(38(26)31-37(25)28)36-19-24(34-35-36)17-20(2)3/h5-16,19-20H,4,17-18H2,1-3H3,(H2,32,33)/p+1. The van der Waals surface area contributed by atoms with E-state index in [1.807, 2.05) is 41.9 Å². The van der Waals surface area contributed by atoms with Gasteiger partial charge in [0.1, 0.15) is 17.8 Å². The van der Waals surface area contributed by atoms with Crippen molar-refractivity contribution in [3.63, 3.8) is 0 Å². The third-order valence-corrected chi connectivity index (χ3v) is 6.86. The van der Waals surface area contributed by atoms with Gasteiger partial charge in [-0.2, -0.15) is 0 Å². The molecule has 195 valence electrons. The molecular weight excluding hydrogens is 485 g/mol. The molecule has 2 aromatic heterocycles. The van der Waals surface area contributed by atoms with Gasteiger partial charge in [0.2, 0.25) is 5.82 Å². The second kappa shape index (κ2) is 10.3. The Kier molecular flexibility index (Phi) is 6.56. The van der Waals surface area contributed by atoms with Crippen LogP contribution in [0.1, 0.15) is 43.3 Å². The second-order valence-electron chi connectivity index (χ2n) is 10.2. The van der Waals surface area contributed by atoms with E-state index < -0.39 is 0 Å².